The average Bonchev–Trinajstić information content (AvgIpc) is 1.27. The second kappa shape index (κ2) is 3.30. The molecule has 0 amide bonds. The van der Waals surface area contributed by atoms with Crippen LogP contribution in [-0.2, 0) is 0 Å². The van der Waals surface area contributed by atoms with Crippen molar-refractivity contribution in [3.05, 3.63) is 10.6 Å². The van der Waals surface area contributed by atoms with E-state index >= 15 is 0 Å². The maximum Gasteiger partial charge on any atom is 0.104 e. The first-order chi connectivity index (χ1) is 3.13. The molecule has 1 atom stereocenters. The van der Waals surface area contributed by atoms with Crippen molar-refractivity contribution >= 4 is 23.2 Å². The summed E-state index contributed by atoms with van der Waals surface area (Å²) in [4.78, 5) is 0. The van der Waals surface area contributed by atoms with Gasteiger partial charge in [0, 0.05) is 6.04 Å². The molecule has 0 aliphatic rings. The largest absolute Gasteiger partial charge is 0.325 e. The molecule has 0 aromatic carbocycles. The maximum atomic E-state index is 5.25. The lowest BCUT2D eigenvalue weighted by Crippen LogP contribution is -2.10. The zero-order chi connectivity index (χ0) is 5.86. The lowest BCUT2D eigenvalue weighted by Gasteiger charge is -1.90. The standard InChI is InChI=1S/C4H7Cl2N/c1-3(7)2-4(5)6/h2-3H,7H2,1H3. The Bertz CT molecular complexity index is 73.8. The smallest absolute Gasteiger partial charge is 0.104 e. The fraction of sp³-hybridized carbons (Fsp3) is 0.500. The number of nitrogens with two attached hydrogens (primary N) is 1. The fourth-order valence-electron chi connectivity index (χ4n) is 0.199. The van der Waals surface area contributed by atoms with Gasteiger partial charge in [0.25, 0.3) is 0 Å². The van der Waals surface area contributed by atoms with Crippen molar-refractivity contribution in [2.75, 3.05) is 0 Å². The molecule has 0 rings (SSSR count). The molecule has 0 aromatic rings. The first-order valence-electron chi connectivity index (χ1n) is 1.91. The Morgan fingerprint density at radius 2 is 2.14 bits per heavy atom. The van der Waals surface area contributed by atoms with Crippen LogP contribution in [0.25, 0.3) is 0 Å². The molecule has 1 unspecified atom stereocenters. The van der Waals surface area contributed by atoms with Gasteiger partial charge in [0.15, 0.2) is 0 Å². The highest BCUT2D eigenvalue weighted by molar-refractivity contribution is 6.55. The molecule has 0 spiro atoms. The van der Waals surface area contributed by atoms with Gasteiger partial charge >= 0.3 is 0 Å². The zero-order valence-electron chi connectivity index (χ0n) is 3.99. The van der Waals surface area contributed by atoms with Gasteiger partial charge in [0.05, 0.1) is 0 Å². The van der Waals surface area contributed by atoms with Gasteiger partial charge < -0.3 is 5.73 Å². The van der Waals surface area contributed by atoms with Gasteiger partial charge in [0.1, 0.15) is 4.49 Å². The van der Waals surface area contributed by atoms with Gasteiger partial charge in [-0.3, -0.25) is 0 Å². The molecule has 0 aromatic heterocycles. The molecule has 0 bridgehead atoms. The highest BCUT2D eigenvalue weighted by Gasteiger charge is 1.86. The van der Waals surface area contributed by atoms with Crippen molar-refractivity contribution in [2.24, 2.45) is 5.73 Å². The SMILES string of the molecule is CC(N)C=C(Cl)Cl. The fourth-order valence-corrected chi connectivity index (χ4v) is 0.596. The quantitative estimate of drug-likeness (QED) is 0.588. The molecule has 0 aliphatic heterocycles. The van der Waals surface area contributed by atoms with Crippen LogP contribution in [0.5, 0.6) is 0 Å². The summed E-state index contributed by atoms with van der Waals surface area (Å²) in [5.41, 5.74) is 5.25. The lowest BCUT2D eigenvalue weighted by molar-refractivity contribution is 0.926. The van der Waals surface area contributed by atoms with E-state index in [1.165, 1.54) is 0 Å². The number of hydrogen-bond acceptors (Lipinski definition) is 1. The summed E-state index contributed by atoms with van der Waals surface area (Å²) in [6.45, 7) is 1.80. The zero-order valence-corrected chi connectivity index (χ0v) is 5.50. The van der Waals surface area contributed by atoms with Crippen molar-refractivity contribution in [1.82, 2.24) is 0 Å². The molecular weight excluding hydrogens is 133 g/mol. The Morgan fingerprint density at radius 3 is 2.14 bits per heavy atom. The molecule has 1 nitrogen and oxygen atoms in total. The minimum Gasteiger partial charge on any atom is -0.325 e. The topological polar surface area (TPSA) is 26.0 Å². The molecular formula is C4H7Cl2N. The molecule has 0 radical (unpaired) electrons. The van der Waals surface area contributed by atoms with E-state index in [0.29, 0.717) is 0 Å². The molecule has 0 saturated heterocycles. The highest BCUT2D eigenvalue weighted by atomic mass is 35.5. The van der Waals surface area contributed by atoms with Crippen molar-refractivity contribution in [1.29, 1.82) is 0 Å². The predicted molar refractivity (Wildman–Crippen MR) is 33.4 cm³/mol. The van der Waals surface area contributed by atoms with E-state index < -0.39 is 0 Å². The predicted octanol–water partition coefficient (Wildman–Crippen LogP) is 1.65. The Hall–Kier alpha value is 0.280. The summed E-state index contributed by atoms with van der Waals surface area (Å²) >= 11 is 10.4. The van der Waals surface area contributed by atoms with Gasteiger partial charge in [-0.25, -0.2) is 0 Å². The third-order valence-corrected chi connectivity index (χ3v) is 0.641. The second-order valence-corrected chi connectivity index (χ2v) is 2.32. The van der Waals surface area contributed by atoms with Crippen LogP contribution in [0.3, 0.4) is 0 Å². The maximum absolute atomic E-state index is 5.25. The summed E-state index contributed by atoms with van der Waals surface area (Å²) in [6.07, 6.45) is 1.56. The number of hydrogen-bond donors (Lipinski definition) is 1. The van der Waals surface area contributed by atoms with Gasteiger partial charge in [-0.1, -0.05) is 23.2 Å². The minimum absolute atomic E-state index is 0.0509. The Labute approximate surface area is 53.1 Å². The van der Waals surface area contributed by atoms with E-state index in [0.717, 1.165) is 0 Å². The Morgan fingerprint density at radius 1 is 1.71 bits per heavy atom. The van der Waals surface area contributed by atoms with E-state index in [4.69, 9.17) is 28.9 Å². The van der Waals surface area contributed by atoms with Crippen LogP contribution in [0.2, 0.25) is 0 Å². The van der Waals surface area contributed by atoms with Crippen LogP contribution in [0.15, 0.2) is 10.6 Å². The summed E-state index contributed by atoms with van der Waals surface area (Å²) in [5, 5.41) is 0. The summed E-state index contributed by atoms with van der Waals surface area (Å²) < 4.78 is 0.231. The summed E-state index contributed by atoms with van der Waals surface area (Å²) in [6, 6.07) is -0.0509. The summed E-state index contributed by atoms with van der Waals surface area (Å²) in [7, 11) is 0. The van der Waals surface area contributed by atoms with Gasteiger partial charge in [-0.05, 0) is 13.0 Å². The van der Waals surface area contributed by atoms with E-state index in [9.17, 15) is 0 Å². The molecule has 0 saturated carbocycles. The second-order valence-electron chi connectivity index (χ2n) is 1.32. The van der Waals surface area contributed by atoms with Crippen molar-refractivity contribution in [2.45, 2.75) is 13.0 Å². The molecule has 0 aliphatic carbocycles. The lowest BCUT2D eigenvalue weighted by atomic mass is 10.4. The molecule has 0 heterocycles. The molecule has 0 fully saturated rings. The van der Waals surface area contributed by atoms with Gasteiger partial charge in [0.2, 0.25) is 0 Å². The first kappa shape index (κ1) is 7.28. The van der Waals surface area contributed by atoms with Crippen LogP contribution in [0.4, 0.5) is 0 Å². The normalized spacial score (nSPS) is 13.1. The van der Waals surface area contributed by atoms with E-state index in [2.05, 4.69) is 0 Å². The number of rotatable bonds is 1. The van der Waals surface area contributed by atoms with Crippen LogP contribution in [0, 0.1) is 0 Å². The average molecular weight is 140 g/mol. The van der Waals surface area contributed by atoms with E-state index in [1.54, 1.807) is 13.0 Å². The molecule has 7 heavy (non-hydrogen) atoms. The van der Waals surface area contributed by atoms with Crippen molar-refractivity contribution in [3.63, 3.8) is 0 Å². The Kier molecular flexibility index (Phi) is 3.44. The van der Waals surface area contributed by atoms with Gasteiger partial charge in [-0.15, -0.1) is 0 Å². The van der Waals surface area contributed by atoms with Gasteiger partial charge in [-0.2, -0.15) is 0 Å². The monoisotopic (exact) mass is 139 g/mol. The van der Waals surface area contributed by atoms with Crippen LogP contribution in [-0.4, -0.2) is 6.04 Å². The first-order valence-corrected chi connectivity index (χ1v) is 2.67. The Balaban J connectivity index is 3.45. The number of halogens is 2. The van der Waals surface area contributed by atoms with Crippen LogP contribution < -0.4 is 5.73 Å². The third kappa shape index (κ3) is 6.28. The molecule has 2 N–H and O–H groups in total. The molecule has 3 heteroatoms. The van der Waals surface area contributed by atoms with Crippen LogP contribution >= 0.6 is 23.2 Å². The van der Waals surface area contributed by atoms with E-state index in [1.807, 2.05) is 0 Å². The van der Waals surface area contributed by atoms with Crippen molar-refractivity contribution in [3.8, 4) is 0 Å². The summed E-state index contributed by atoms with van der Waals surface area (Å²) in [5.74, 6) is 0. The van der Waals surface area contributed by atoms with Crippen molar-refractivity contribution < 1.29 is 0 Å². The molecule has 42 valence electrons. The minimum atomic E-state index is -0.0509. The highest BCUT2D eigenvalue weighted by Crippen LogP contribution is 2.05. The van der Waals surface area contributed by atoms with Crippen LogP contribution in [0.1, 0.15) is 6.92 Å². The van der Waals surface area contributed by atoms with E-state index in [-0.39, 0.29) is 10.5 Å². The third-order valence-electron chi connectivity index (χ3n) is 0.389.